The molecule has 5 heteroatoms. The van der Waals surface area contributed by atoms with Crippen LogP contribution in [0.15, 0.2) is 24.3 Å². The molecule has 22 heavy (non-hydrogen) atoms. The molecule has 0 aliphatic heterocycles. The number of rotatable bonds is 4. The topological polar surface area (TPSA) is 67.0 Å². The van der Waals surface area contributed by atoms with Crippen molar-refractivity contribution in [3.05, 3.63) is 41.2 Å². The number of amides is 1. The van der Waals surface area contributed by atoms with Gasteiger partial charge >= 0.3 is 0 Å². The monoisotopic (exact) mass is 299 g/mol. The number of aromatic amines is 1. The van der Waals surface area contributed by atoms with Crippen LogP contribution in [0.4, 0.5) is 5.69 Å². The van der Waals surface area contributed by atoms with Crippen LogP contribution < -0.4 is 10.1 Å². The van der Waals surface area contributed by atoms with Gasteiger partial charge in [0.05, 0.1) is 11.8 Å². The van der Waals surface area contributed by atoms with Crippen molar-refractivity contribution in [2.75, 3.05) is 5.32 Å². The number of carbonyl (C=O) groups excluding carboxylic acids is 1. The summed E-state index contributed by atoms with van der Waals surface area (Å²) in [6, 6.07) is 7.47. The van der Waals surface area contributed by atoms with Crippen LogP contribution in [0.25, 0.3) is 0 Å². The van der Waals surface area contributed by atoms with Crippen molar-refractivity contribution in [1.29, 1.82) is 0 Å². The maximum atomic E-state index is 12.5. The Morgan fingerprint density at radius 3 is 2.86 bits per heavy atom. The SMILES string of the molecule is CC(C)Oc1ccccc1NC(=O)c1n[nH]c2c1CCCC2. The second kappa shape index (κ2) is 6.22. The molecule has 1 aliphatic carbocycles. The predicted molar refractivity (Wildman–Crippen MR) is 85.4 cm³/mol. The fraction of sp³-hybridized carbons (Fsp3) is 0.412. The molecular formula is C17H21N3O2. The molecule has 0 bridgehead atoms. The number of aromatic nitrogens is 2. The number of para-hydroxylation sites is 2. The lowest BCUT2D eigenvalue weighted by molar-refractivity contribution is 0.102. The van der Waals surface area contributed by atoms with Gasteiger partial charge in [-0.15, -0.1) is 0 Å². The van der Waals surface area contributed by atoms with E-state index in [2.05, 4.69) is 15.5 Å². The van der Waals surface area contributed by atoms with E-state index in [9.17, 15) is 4.79 Å². The Bertz CT molecular complexity index is 676. The van der Waals surface area contributed by atoms with Crippen LogP contribution in [0, 0.1) is 0 Å². The zero-order chi connectivity index (χ0) is 15.5. The summed E-state index contributed by atoms with van der Waals surface area (Å²) in [7, 11) is 0. The van der Waals surface area contributed by atoms with Crippen molar-refractivity contribution in [2.45, 2.75) is 45.6 Å². The first-order chi connectivity index (χ1) is 10.6. The normalized spacial score (nSPS) is 13.8. The maximum Gasteiger partial charge on any atom is 0.276 e. The van der Waals surface area contributed by atoms with Gasteiger partial charge in [-0.2, -0.15) is 5.10 Å². The van der Waals surface area contributed by atoms with E-state index in [0.717, 1.165) is 36.9 Å². The van der Waals surface area contributed by atoms with Crippen LogP contribution in [0.5, 0.6) is 5.75 Å². The van der Waals surface area contributed by atoms with Crippen molar-refractivity contribution in [3.63, 3.8) is 0 Å². The Kier molecular flexibility index (Phi) is 4.13. The molecule has 0 saturated carbocycles. The zero-order valence-corrected chi connectivity index (χ0v) is 13.0. The standard InChI is InChI=1S/C17H21N3O2/c1-11(2)22-15-10-6-5-9-14(15)18-17(21)16-12-7-3-4-8-13(12)19-20-16/h5-6,9-11H,3-4,7-8H2,1-2H3,(H,18,21)(H,19,20). The second-order valence-electron chi connectivity index (χ2n) is 5.85. The highest BCUT2D eigenvalue weighted by atomic mass is 16.5. The van der Waals surface area contributed by atoms with E-state index in [1.165, 1.54) is 0 Å². The summed E-state index contributed by atoms with van der Waals surface area (Å²) >= 11 is 0. The first kappa shape index (κ1) is 14.6. The van der Waals surface area contributed by atoms with Crippen LogP contribution >= 0.6 is 0 Å². The number of ether oxygens (including phenoxy) is 1. The number of hydrogen-bond acceptors (Lipinski definition) is 3. The molecule has 1 aliphatic rings. The van der Waals surface area contributed by atoms with E-state index >= 15 is 0 Å². The van der Waals surface area contributed by atoms with Crippen LogP contribution in [0.1, 0.15) is 48.4 Å². The van der Waals surface area contributed by atoms with Crippen LogP contribution in [-0.2, 0) is 12.8 Å². The number of carbonyl (C=O) groups is 1. The molecule has 1 aromatic heterocycles. The summed E-state index contributed by atoms with van der Waals surface area (Å²) in [5.41, 5.74) is 3.34. The van der Waals surface area contributed by atoms with Crippen molar-refractivity contribution >= 4 is 11.6 Å². The van der Waals surface area contributed by atoms with Crippen LogP contribution in [0.2, 0.25) is 0 Å². The average molecular weight is 299 g/mol. The lowest BCUT2D eigenvalue weighted by Crippen LogP contribution is -2.17. The molecule has 1 amide bonds. The summed E-state index contributed by atoms with van der Waals surface area (Å²) in [6.45, 7) is 3.92. The molecule has 0 spiro atoms. The maximum absolute atomic E-state index is 12.5. The Balaban J connectivity index is 1.81. The fourth-order valence-corrected chi connectivity index (χ4v) is 2.78. The third-order valence-electron chi connectivity index (χ3n) is 3.77. The molecule has 5 nitrogen and oxygen atoms in total. The van der Waals surface area contributed by atoms with Gasteiger partial charge in [-0.1, -0.05) is 12.1 Å². The van der Waals surface area contributed by atoms with Gasteiger partial charge in [0.2, 0.25) is 0 Å². The van der Waals surface area contributed by atoms with E-state index in [4.69, 9.17) is 4.74 Å². The number of hydrogen-bond donors (Lipinski definition) is 2. The van der Waals surface area contributed by atoms with Crippen molar-refractivity contribution in [1.82, 2.24) is 10.2 Å². The van der Waals surface area contributed by atoms with Gasteiger partial charge in [-0.05, 0) is 51.7 Å². The number of nitrogens with zero attached hydrogens (tertiary/aromatic N) is 1. The van der Waals surface area contributed by atoms with Gasteiger partial charge in [0, 0.05) is 11.3 Å². The largest absolute Gasteiger partial charge is 0.489 e. The number of H-pyrrole nitrogens is 1. The number of fused-ring (bicyclic) bond motifs is 1. The van der Waals surface area contributed by atoms with Gasteiger partial charge in [-0.25, -0.2) is 0 Å². The lowest BCUT2D eigenvalue weighted by atomic mass is 9.96. The minimum atomic E-state index is -0.181. The molecule has 2 N–H and O–H groups in total. The highest BCUT2D eigenvalue weighted by Crippen LogP contribution is 2.27. The van der Waals surface area contributed by atoms with Gasteiger partial charge in [0.1, 0.15) is 5.75 Å². The molecule has 0 atom stereocenters. The first-order valence-electron chi connectivity index (χ1n) is 7.78. The highest BCUT2D eigenvalue weighted by molar-refractivity contribution is 6.04. The Hall–Kier alpha value is -2.30. The molecule has 0 unspecified atom stereocenters. The summed E-state index contributed by atoms with van der Waals surface area (Å²) < 4.78 is 5.73. The smallest absolute Gasteiger partial charge is 0.276 e. The number of aryl methyl sites for hydroxylation is 1. The molecule has 116 valence electrons. The van der Waals surface area contributed by atoms with Crippen molar-refractivity contribution in [2.24, 2.45) is 0 Å². The van der Waals surface area contributed by atoms with Crippen molar-refractivity contribution in [3.8, 4) is 5.75 Å². The molecule has 0 fully saturated rings. The Morgan fingerprint density at radius 2 is 2.05 bits per heavy atom. The predicted octanol–water partition coefficient (Wildman–Crippen LogP) is 3.33. The summed E-state index contributed by atoms with van der Waals surface area (Å²) in [5.74, 6) is 0.495. The van der Waals surface area contributed by atoms with E-state index < -0.39 is 0 Å². The molecule has 1 aromatic carbocycles. The first-order valence-corrected chi connectivity index (χ1v) is 7.78. The third kappa shape index (κ3) is 2.98. The lowest BCUT2D eigenvalue weighted by Gasteiger charge is -2.15. The summed E-state index contributed by atoms with van der Waals surface area (Å²) in [5, 5.41) is 10.1. The highest BCUT2D eigenvalue weighted by Gasteiger charge is 2.22. The van der Waals surface area contributed by atoms with E-state index in [-0.39, 0.29) is 12.0 Å². The Labute approximate surface area is 130 Å². The number of nitrogens with one attached hydrogen (secondary N) is 2. The van der Waals surface area contributed by atoms with E-state index in [1.807, 2.05) is 38.1 Å². The van der Waals surface area contributed by atoms with Crippen molar-refractivity contribution < 1.29 is 9.53 Å². The molecule has 2 aromatic rings. The van der Waals surface area contributed by atoms with Gasteiger partial charge in [0.25, 0.3) is 5.91 Å². The van der Waals surface area contributed by atoms with E-state index in [0.29, 0.717) is 17.1 Å². The minimum absolute atomic E-state index is 0.0520. The molecule has 3 rings (SSSR count). The quantitative estimate of drug-likeness (QED) is 0.910. The second-order valence-corrected chi connectivity index (χ2v) is 5.85. The Morgan fingerprint density at radius 1 is 1.27 bits per heavy atom. The van der Waals surface area contributed by atoms with Gasteiger partial charge < -0.3 is 10.1 Å². The molecular weight excluding hydrogens is 278 g/mol. The third-order valence-corrected chi connectivity index (χ3v) is 3.77. The van der Waals surface area contributed by atoms with Crippen LogP contribution in [0.3, 0.4) is 0 Å². The zero-order valence-electron chi connectivity index (χ0n) is 13.0. The molecule has 1 heterocycles. The number of anilines is 1. The summed E-state index contributed by atoms with van der Waals surface area (Å²) in [4.78, 5) is 12.5. The molecule has 0 radical (unpaired) electrons. The average Bonchev–Trinajstić information content (AvgIpc) is 2.93. The van der Waals surface area contributed by atoms with E-state index in [1.54, 1.807) is 0 Å². The summed E-state index contributed by atoms with van der Waals surface area (Å²) in [6.07, 6.45) is 4.21. The minimum Gasteiger partial charge on any atom is -0.489 e. The van der Waals surface area contributed by atoms with Gasteiger partial charge in [-0.3, -0.25) is 9.89 Å². The number of benzene rings is 1. The van der Waals surface area contributed by atoms with Gasteiger partial charge in [0.15, 0.2) is 5.69 Å². The fourth-order valence-electron chi connectivity index (χ4n) is 2.78. The van der Waals surface area contributed by atoms with Crippen LogP contribution in [-0.4, -0.2) is 22.2 Å². The molecule has 0 saturated heterocycles.